The number of nitrogens with one attached hydrogen (secondary N) is 1. The van der Waals surface area contributed by atoms with Crippen LogP contribution in [0.15, 0.2) is 78.9 Å². The molecule has 0 saturated carbocycles. The van der Waals surface area contributed by atoms with Gasteiger partial charge in [0.05, 0.1) is 6.10 Å². The van der Waals surface area contributed by atoms with E-state index in [1.807, 2.05) is 62.6 Å². The van der Waals surface area contributed by atoms with Crippen molar-refractivity contribution in [3.63, 3.8) is 0 Å². The van der Waals surface area contributed by atoms with E-state index in [1.54, 1.807) is 18.1 Å². The Morgan fingerprint density at radius 1 is 1.03 bits per heavy atom. The molecule has 190 valence electrons. The number of aromatic hydroxyl groups is 1. The van der Waals surface area contributed by atoms with Gasteiger partial charge in [-0.1, -0.05) is 80.6 Å². The Morgan fingerprint density at radius 3 is 2.14 bits per heavy atom. The fraction of sp³-hybridized carbons (Fsp3) is 0.387. The number of phenols is 1. The maximum absolute atomic E-state index is 13.9. The summed E-state index contributed by atoms with van der Waals surface area (Å²) < 4.78 is 5.96. The highest BCUT2D eigenvalue weighted by molar-refractivity contribution is 5.92. The van der Waals surface area contributed by atoms with Crippen molar-refractivity contribution >= 4 is 5.91 Å². The van der Waals surface area contributed by atoms with Crippen LogP contribution in [0.2, 0.25) is 0 Å². The zero-order valence-corrected chi connectivity index (χ0v) is 22.0. The largest absolute Gasteiger partial charge is 0.508 e. The number of phenolic OH excluding ortho intramolecular Hbond substituents is 1. The van der Waals surface area contributed by atoms with Crippen molar-refractivity contribution in [2.24, 2.45) is 0 Å². The molecule has 4 rings (SSSR count). The van der Waals surface area contributed by atoms with Crippen LogP contribution in [0.1, 0.15) is 42.5 Å². The van der Waals surface area contributed by atoms with Crippen LogP contribution in [0.25, 0.3) is 0 Å². The Kier molecular flexibility index (Phi) is 7.53. The van der Waals surface area contributed by atoms with Crippen LogP contribution in [0.3, 0.4) is 0 Å². The molecule has 0 aromatic heterocycles. The molecule has 36 heavy (non-hydrogen) atoms. The maximum Gasteiger partial charge on any atom is 0.237 e. The second kappa shape index (κ2) is 10.5. The third-order valence-corrected chi connectivity index (χ3v) is 7.83. The minimum atomic E-state index is -0.823. The van der Waals surface area contributed by atoms with Crippen LogP contribution >= 0.6 is 0 Å². The average Bonchev–Trinajstić information content (AvgIpc) is 2.88. The number of rotatable bonds is 8. The van der Waals surface area contributed by atoms with E-state index in [0.29, 0.717) is 13.0 Å². The van der Waals surface area contributed by atoms with Gasteiger partial charge in [-0.25, -0.2) is 0 Å². The highest BCUT2D eigenvalue weighted by Crippen LogP contribution is 2.41. The number of amides is 1. The molecule has 5 heteroatoms. The van der Waals surface area contributed by atoms with Gasteiger partial charge in [-0.05, 0) is 47.4 Å². The second-order valence-corrected chi connectivity index (χ2v) is 10.6. The monoisotopic (exact) mass is 486 g/mol. The number of nitrogens with zero attached hydrogens (tertiary/aromatic N) is 1. The van der Waals surface area contributed by atoms with Gasteiger partial charge in [0, 0.05) is 39.1 Å². The summed E-state index contributed by atoms with van der Waals surface area (Å²) in [5.74, 6) is 0.336. The van der Waals surface area contributed by atoms with E-state index in [4.69, 9.17) is 4.74 Å². The molecule has 5 nitrogen and oxygen atoms in total. The van der Waals surface area contributed by atoms with Crippen molar-refractivity contribution in [1.29, 1.82) is 0 Å². The van der Waals surface area contributed by atoms with Crippen molar-refractivity contribution in [3.8, 4) is 5.75 Å². The number of methoxy groups -OCH3 is 1. The van der Waals surface area contributed by atoms with Crippen LogP contribution in [0.4, 0.5) is 0 Å². The lowest BCUT2D eigenvalue weighted by Gasteiger charge is -2.46. The highest BCUT2D eigenvalue weighted by atomic mass is 16.5. The predicted octanol–water partition coefficient (Wildman–Crippen LogP) is 4.66. The van der Waals surface area contributed by atoms with Crippen LogP contribution in [-0.2, 0) is 26.8 Å². The van der Waals surface area contributed by atoms with Crippen LogP contribution < -0.4 is 5.32 Å². The number of ether oxygens (including phenoxy) is 1. The van der Waals surface area contributed by atoms with Crippen molar-refractivity contribution in [2.45, 2.75) is 49.7 Å². The molecule has 0 unspecified atom stereocenters. The first-order valence-corrected chi connectivity index (χ1v) is 12.6. The van der Waals surface area contributed by atoms with Crippen molar-refractivity contribution < 1.29 is 14.6 Å². The summed E-state index contributed by atoms with van der Waals surface area (Å²) in [6, 6.07) is 25.8. The molecule has 1 aliphatic rings. The lowest BCUT2D eigenvalue weighted by Crippen LogP contribution is -2.57. The Morgan fingerprint density at radius 2 is 1.61 bits per heavy atom. The van der Waals surface area contributed by atoms with Gasteiger partial charge in [0.2, 0.25) is 5.91 Å². The average molecular weight is 487 g/mol. The lowest BCUT2D eigenvalue weighted by atomic mass is 9.67. The van der Waals surface area contributed by atoms with Gasteiger partial charge in [-0.2, -0.15) is 0 Å². The fourth-order valence-electron chi connectivity index (χ4n) is 5.97. The van der Waals surface area contributed by atoms with E-state index in [0.717, 1.165) is 23.1 Å². The van der Waals surface area contributed by atoms with Gasteiger partial charge >= 0.3 is 0 Å². The number of carbonyl (C=O) groups is 1. The maximum atomic E-state index is 13.9. The molecular formula is C31H38N2O3. The first-order valence-electron chi connectivity index (χ1n) is 12.6. The molecule has 0 saturated heterocycles. The molecular weight excluding hydrogens is 448 g/mol. The Bertz CT molecular complexity index is 1140. The molecule has 0 heterocycles. The van der Waals surface area contributed by atoms with Crippen LogP contribution in [-0.4, -0.2) is 55.8 Å². The topological polar surface area (TPSA) is 61.8 Å². The van der Waals surface area contributed by atoms with E-state index in [1.165, 1.54) is 5.56 Å². The molecule has 3 aromatic rings. The van der Waals surface area contributed by atoms with Gasteiger partial charge in [0.25, 0.3) is 0 Å². The standard InChI is InChI=1S/C31H38N2O3/c1-30(2)26-21-25(34)17-16-22(26)20-27(36-5)28(30)32-19-18-31(29(35)33(3)4,23-12-8-6-9-13-23)24-14-10-7-11-15-24/h6-17,21,27-28,32,34H,18-20H2,1-5H3/t27-,28+/m1/s1. The predicted molar refractivity (Wildman–Crippen MR) is 144 cm³/mol. The van der Waals surface area contributed by atoms with Crippen LogP contribution in [0.5, 0.6) is 5.75 Å². The molecule has 1 aliphatic carbocycles. The SMILES string of the molecule is CO[C@@H]1Cc2ccc(O)cc2C(C)(C)[C@H]1NCCC(C(=O)N(C)C)(c1ccccc1)c1ccccc1. The van der Waals surface area contributed by atoms with E-state index in [2.05, 4.69) is 43.4 Å². The van der Waals surface area contributed by atoms with Crippen molar-refractivity contribution in [3.05, 3.63) is 101 Å². The van der Waals surface area contributed by atoms with E-state index < -0.39 is 5.41 Å². The molecule has 3 aromatic carbocycles. The van der Waals surface area contributed by atoms with Gasteiger partial charge in [0.1, 0.15) is 11.2 Å². The van der Waals surface area contributed by atoms with Gasteiger partial charge in [-0.15, -0.1) is 0 Å². The normalized spacial score (nSPS) is 18.9. The molecule has 0 radical (unpaired) electrons. The minimum absolute atomic E-state index is 0.00973. The minimum Gasteiger partial charge on any atom is -0.508 e. The fourth-order valence-corrected chi connectivity index (χ4v) is 5.97. The van der Waals surface area contributed by atoms with Gasteiger partial charge in [0.15, 0.2) is 0 Å². The molecule has 1 amide bonds. The summed E-state index contributed by atoms with van der Waals surface area (Å²) in [6.07, 6.45) is 1.34. The second-order valence-electron chi connectivity index (χ2n) is 10.6. The number of fused-ring (bicyclic) bond motifs is 1. The number of hydrogen-bond donors (Lipinski definition) is 2. The number of carbonyl (C=O) groups excluding carboxylic acids is 1. The third kappa shape index (κ3) is 4.65. The lowest BCUT2D eigenvalue weighted by molar-refractivity contribution is -0.133. The molecule has 2 atom stereocenters. The number of hydrogen-bond acceptors (Lipinski definition) is 4. The molecule has 0 aliphatic heterocycles. The highest BCUT2D eigenvalue weighted by Gasteiger charge is 2.45. The molecule has 0 fully saturated rings. The zero-order chi connectivity index (χ0) is 25.9. The first kappa shape index (κ1) is 25.9. The van der Waals surface area contributed by atoms with E-state index >= 15 is 0 Å². The summed E-state index contributed by atoms with van der Waals surface area (Å²) in [5.41, 5.74) is 3.21. The quantitative estimate of drug-likeness (QED) is 0.486. The Balaban J connectivity index is 1.70. The van der Waals surface area contributed by atoms with Crippen LogP contribution in [0, 0.1) is 0 Å². The smallest absolute Gasteiger partial charge is 0.237 e. The summed E-state index contributed by atoms with van der Waals surface area (Å²) >= 11 is 0. The van der Waals surface area contributed by atoms with Gasteiger partial charge < -0.3 is 20.1 Å². The first-order chi connectivity index (χ1) is 17.2. The summed E-state index contributed by atoms with van der Waals surface area (Å²) in [6.45, 7) is 5.01. The van der Waals surface area contributed by atoms with Crippen molar-refractivity contribution in [1.82, 2.24) is 10.2 Å². The Labute approximate surface area is 215 Å². The molecule has 0 bridgehead atoms. The zero-order valence-electron chi connectivity index (χ0n) is 22.0. The molecule has 2 N–H and O–H groups in total. The molecule has 0 spiro atoms. The summed E-state index contributed by atoms with van der Waals surface area (Å²) in [4.78, 5) is 15.6. The number of benzene rings is 3. The summed E-state index contributed by atoms with van der Waals surface area (Å²) in [5, 5.41) is 14.0. The summed E-state index contributed by atoms with van der Waals surface area (Å²) in [7, 11) is 5.41. The number of likely N-dealkylation sites (N-methyl/N-ethyl adjacent to an activating group) is 1. The van der Waals surface area contributed by atoms with E-state index in [-0.39, 0.29) is 29.2 Å². The third-order valence-electron chi connectivity index (χ3n) is 7.83. The van der Waals surface area contributed by atoms with Gasteiger partial charge in [-0.3, -0.25) is 4.79 Å². The van der Waals surface area contributed by atoms with E-state index in [9.17, 15) is 9.90 Å². The Hall–Kier alpha value is -3.15. The van der Waals surface area contributed by atoms with Crippen molar-refractivity contribution in [2.75, 3.05) is 27.7 Å².